The summed E-state index contributed by atoms with van der Waals surface area (Å²) in [5, 5.41) is 7.35. The lowest BCUT2D eigenvalue weighted by molar-refractivity contribution is 0.0697. The van der Waals surface area contributed by atoms with E-state index >= 15 is 0 Å². The van der Waals surface area contributed by atoms with Crippen molar-refractivity contribution in [1.82, 2.24) is 0 Å². The molecule has 1 aliphatic rings. The molecule has 1 aromatic rings. The maximum atomic E-state index is 12.2. The minimum atomic E-state index is -3.39. The van der Waals surface area contributed by atoms with Gasteiger partial charge in [0.2, 0.25) is 0 Å². The summed E-state index contributed by atoms with van der Waals surface area (Å²) in [7, 11) is -3.39. The third-order valence-corrected chi connectivity index (χ3v) is 5.19. The first-order chi connectivity index (χ1) is 9.49. The molecule has 0 aliphatic heterocycles. The van der Waals surface area contributed by atoms with Gasteiger partial charge in [-0.3, -0.25) is 5.41 Å². The Balaban J connectivity index is 1.98. The van der Waals surface area contributed by atoms with Crippen molar-refractivity contribution in [1.29, 1.82) is 5.41 Å². The molecule has 20 heavy (non-hydrogen) atoms. The van der Waals surface area contributed by atoms with Crippen molar-refractivity contribution >= 4 is 15.7 Å². The normalized spacial score (nSPS) is 16.4. The third kappa shape index (κ3) is 3.80. The van der Waals surface area contributed by atoms with E-state index in [1.54, 1.807) is 12.1 Å². The van der Waals surface area contributed by atoms with Gasteiger partial charge in [0.05, 0.1) is 23.4 Å². The minimum absolute atomic E-state index is 0.0368. The molecule has 0 atom stereocenters. The maximum Gasteiger partial charge on any atom is 0.180 e. The zero-order chi connectivity index (χ0) is 14.6. The van der Waals surface area contributed by atoms with Gasteiger partial charge in [0, 0.05) is 5.56 Å². The molecule has 1 aromatic carbocycles. The number of rotatable bonds is 6. The average Bonchev–Trinajstić information content (AvgIpc) is 2.92. The average molecular weight is 296 g/mol. The van der Waals surface area contributed by atoms with E-state index < -0.39 is 9.84 Å². The summed E-state index contributed by atoms with van der Waals surface area (Å²) >= 11 is 0. The van der Waals surface area contributed by atoms with Crippen molar-refractivity contribution in [3.63, 3.8) is 0 Å². The molecule has 0 aromatic heterocycles. The van der Waals surface area contributed by atoms with Crippen LogP contribution in [0.3, 0.4) is 0 Å². The van der Waals surface area contributed by atoms with Crippen molar-refractivity contribution in [2.75, 3.05) is 12.4 Å². The molecule has 0 heterocycles. The predicted octanol–water partition coefficient (Wildman–Crippen LogP) is 1.70. The Morgan fingerprint density at radius 2 is 2.05 bits per heavy atom. The highest BCUT2D eigenvalue weighted by Crippen LogP contribution is 2.21. The number of hydrogen-bond donors (Lipinski definition) is 2. The van der Waals surface area contributed by atoms with Crippen molar-refractivity contribution in [2.24, 2.45) is 5.73 Å². The van der Waals surface area contributed by atoms with Gasteiger partial charge >= 0.3 is 0 Å². The largest absolute Gasteiger partial charge is 0.384 e. The first-order valence-electron chi connectivity index (χ1n) is 6.78. The standard InChI is InChI=1S/C14H20N2O3S/c15-14(16)11-4-3-7-13(10-11)20(17,18)9-8-19-12-5-1-2-6-12/h3-4,7,10,12H,1-2,5-6,8-9H2,(H3,15,16). The molecule has 5 nitrogen and oxygen atoms in total. The van der Waals surface area contributed by atoms with Gasteiger partial charge in [0.1, 0.15) is 5.84 Å². The SMILES string of the molecule is N=C(N)c1cccc(S(=O)(=O)CCOC2CCCC2)c1. The second-order valence-electron chi connectivity index (χ2n) is 5.04. The lowest BCUT2D eigenvalue weighted by atomic mass is 10.2. The van der Waals surface area contributed by atoms with Crippen LogP contribution in [-0.2, 0) is 14.6 Å². The Morgan fingerprint density at radius 1 is 1.35 bits per heavy atom. The lowest BCUT2D eigenvalue weighted by Crippen LogP contribution is -2.18. The second-order valence-corrected chi connectivity index (χ2v) is 7.15. The highest BCUT2D eigenvalue weighted by atomic mass is 32.2. The Kier molecular flexibility index (Phi) is 4.77. The van der Waals surface area contributed by atoms with Crippen molar-refractivity contribution in [3.05, 3.63) is 29.8 Å². The van der Waals surface area contributed by atoms with Crippen LogP contribution in [0, 0.1) is 5.41 Å². The van der Waals surface area contributed by atoms with Crippen molar-refractivity contribution in [3.8, 4) is 0 Å². The monoisotopic (exact) mass is 296 g/mol. The van der Waals surface area contributed by atoms with Crippen LogP contribution in [-0.4, -0.2) is 32.7 Å². The number of nitrogens with one attached hydrogen (secondary N) is 1. The summed E-state index contributed by atoms with van der Waals surface area (Å²) in [4.78, 5) is 0.195. The molecule has 1 saturated carbocycles. The molecule has 0 amide bonds. The van der Waals surface area contributed by atoms with Crippen LogP contribution in [0.25, 0.3) is 0 Å². The molecule has 2 rings (SSSR count). The van der Waals surface area contributed by atoms with E-state index in [1.807, 2.05) is 0 Å². The van der Waals surface area contributed by atoms with Gasteiger partial charge in [-0.15, -0.1) is 0 Å². The van der Waals surface area contributed by atoms with Gasteiger partial charge in [-0.25, -0.2) is 8.42 Å². The van der Waals surface area contributed by atoms with Gasteiger partial charge in [-0.05, 0) is 25.0 Å². The molecule has 6 heteroatoms. The number of nitrogen functional groups attached to an aromatic ring is 1. The molecule has 0 saturated heterocycles. The number of amidine groups is 1. The van der Waals surface area contributed by atoms with Crippen LogP contribution < -0.4 is 5.73 Å². The highest BCUT2D eigenvalue weighted by Gasteiger charge is 2.19. The number of hydrogen-bond acceptors (Lipinski definition) is 4. The minimum Gasteiger partial charge on any atom is -0.384 e. The zero-order valence-corrected chi connectivity index (χ0v) is 12.2. The molecule has 0 bridgehead atoms. The molecule has 3 N–H and O–H groups in total. The van der Waals surface area contributed by atoms with Gasteiger partial charge in [0.25, 0.3) is 0 Å². The fourth-order valence-electron chi connectivity index (χ4n) is 2.35. The predicted molar refractivity (Wildman–Crippen MR) is 77.7 cm³/mol. The first-order valence-corrected chi connectivity index (χ1v) is 8.43. The van der Waals surface area contributed by atoms with E-state index in [4.69, 9.17) is 15.9 Å². The summed E-state index contributed by atoms with van der Waals surface area (Å²) in [6.07, 6.45) is 4.60. The summed E-state index contributed by atoms with van der Waals surface area (Å²) in [5.41, 5.74) is 5.79. The van der Waals surface area contributed by atoms with Crippen LogP contribution in [0.1, 0.15) is 31.2 Å². The number of benzene rings is 1. The Morgan fingerprint density at radius 3 is 2.70 bits per heavy atom. The van der Waals surface area contributed by atoms with E-state index in [0.29, 0.717) is 5.56 Å². The molecular formula is C14H20N2O3S. The Bertz CT molecular complexity index is 578. The van der Waals surface area contributed by atoms with E-state index in [-0.39, 0.29) is 29.2 Å². The topological polar surface area (TPSA) is 93.2 Å². The van der Waals surface area contributed by atoms with Crippen molar-refractivity contribution in [2.45, 2.75) is 36.7 Å². The second kappa shape index (κ2) is 6.37. The molecule has 110 valence electrons. The molecular weight excluding hydrogens is 276 g/mol. The molecule has 0 unspecified atom stereocenters. The van der Waals surface area contributed by atoms with Crippen LogP contribution in [0.4, 0.5) is 0 Å². The van der Waals surface area contributed by atoms with E-state index in [2.05, 4.69) is 0 Å². The first kappa shape index (κ1) is 15.0. The molecule has 0 radical (unpaired) electrons. The zero-order valence-electron chi connectivity index (χ0n) is 11.3. The fraction of sp³-hybridized carbons (Fsp3) is 0.500. The van der Waals surface area contributed by atoms with Crippen LogP contribution in [0.15, 0.2) is 29.2 Å². The highest BCUT2D eigenvalue weighted by molar-refractivity contribution is 7.91. The lowest BCUT2D eigenvalue weighted by Gasteiger charge is -2.11. The number of nitrogens with two attached hydrogens (primary N) is 1. The number of ether oxygens (including phenoxy) is 1. The maximum absolute atomic E-state index is 12.2. The fourth-order valence-corrected chi connectivity index (χ4v) is 3.50. The van der Waals surface area contributed by atoms with Crippen LogP contribution in [0.5, 0.6) is 0 Å². The summed E-state index contributed by atoms with van der Waals surface area (Å²) in [6, 6.07) is 6.18. The van der Waals surface area contributed by atoms with Gasteiger partial charge in [0.15, 0.2) is 9.84 Å². The summed E-state index contributed by atoms with van der Waals surface area (Å²) in [5.74, 6) is -0.172. The van der Waals surface area contributed by atoms with Gasteiger partial charge < -0.3 is 10.5 Å². The quantitative estimate of drug-likeness (QED) is 0.617. The van der Waals surface area contributed by atoms with Crippen molar-refractivity contribution < 1.29 is 13.2 Å². The van der Waals surface area contributed by atoms with Gasteiger partial charge in [-0.2, -0.15) is 0 Å². The summed E-state index contributed by atoms with van der Waals surface area (Å²) < 4.78 is 30.0. The molecule has 1 aliphatic carbocycles. The van der Waals surface area contributed by atoms with Crippen LogP contribution >= 0.6 is 0 Å². The molecule has 0 spiro atoms. The third-order valence-electron chi connectivity index (χ3n) is 3.51. The van der Waals surface area contributed by atoms with E-state index in [1.165, 1.54) is 12.1 Å². The Hall–Kier alpha value is -1.40. The van der Waals surface area contributed by atoms with Gasteiger partial charge in [-0.1, -0.05) is 25.0 Å². The van der Waals surface area contributed by atoms with E-state index in [9.17, 15) is 8.42 Å². The molecule has 1 fully saturated rings. The van der Waals surface area contributed by atoms with Crippen LogP contribution in [0.2, 0.25) is 0 Å². The number of sulfone groups is 1. The summed E-state index contributed by atoms with van der Waals surface area (Å²) in [6.45, 7) is 0.220. The van der Waals surface area contributed by atoms with E-state index in [0.717, 1.165) is 25.7 Å². The smallest absolute Gasteiger partial charge is 0.180 e. The Labute approximate surface area is 119 Å².